The molecule has 0 atom stereocenters. The van der Waals surface area contributed by atoms with E-state index in [1.165, 1.54) is 5.56 Å². The van der Waals surface area contributed by atoms with Crippen LogP contribution in [-0.2, 0) is 9.98 Å². The van der Waals surface area contributed by atoms with Gasteiger partial charge in [0.15, 0.2) is 0 Å². The molecule has 0 fully saturated rings. The van der Waals surface area contributed by atoms with Gasteiger partial charge in [-0.05, 0) is 5.41 Å². The van der Waals surface area contributed by atoms with Gasteiger partial charge in [-0.2, -0.15) is 43.7 Å². The molecule has 0 heterocycles. The van der Waals surface area contributed by atoms with Gasteiger partial charge in [-0.3, -0.25) is 0 Å². The molecule has 1 aromatic carbocycles. The van der Waals surface area contributed by atoms with Crippen LogP contribution in [0.5, 0.6) is 0 Å². The summed E-state index contributed by atoms with van der Waals surface area (Å²) in [7, 11) is -5.39. The number of hydrogen-bond acceptors (Lipinski definition) is 4. The van der Waals surface area contributed by atoms with Crippen LogP contribution in [0, 0.1) is 6.07 Å². The maximum Gasteiger partial charge on any atom is 1.00 e. The summed E-state index contributed by atoms with van der Waals surface area (Å²) < 4.78 is 8.55. The molecule has 0 aliphatic heterocycles. The Bertz CT molecular complexity index is 320. The first-order valence-electron chi connectivity index (χ1n) is 4.31. The first kappa shape index (κ1) is 18.7. The second-order valence-corrected chi connectivity index (χ2v) is 4.87. The van der Waals surface area contributed by atoms with Crippen LogP contribution in [0.1, 0.15) is 26.3 Å². The van der Waals surface area contributed by atoms with Crippen molar-refractivity contribution in [3.05, 3.63) is 35.9 Å². The first-order chi connectivity index (χ1) is 6.61. The standard InChI is InChI=1S/C10H13.Na.H3O4P/c1-10(2,3)9-7-5-4-6-8-9;;1-5(2,3)4/h4-7H,1-3H3;;(H3,1,2,3,4)/q-1;+1;/p-3. The van der Waals surface area contributed by atoms with E-state index < -0.39 is 7.82 Å². The molecule has 16 heavy (non-hydrogen) atoms. The van der Waals surface area contributed by atoms with Gasteiger partial charge >= 0.3 is 29.6 Å². The second kappa shape index (κ2) is 7.62. The van der Waals surface area contributed by atoms with E-state index in [4.69, 9.17) is 19.2 Å². The van der Waals surface area contributed by atoms with Gasteiger partial charge < -0.3 is 19.2 Å². The molecule has 0 saturated heterocycles. The van der Waals surface area contributed by atoms with Crippen molar-refractivity contribution >= 4 is 7.82 Å². The molecule has 0 aliphatic carbocycles. The molecule has 1 aromatic rings. The average Bonchev–Trinajstić information content (AvgIpc) is 2.01. The zero-order valence-electron chi connectivity index (χ0n) is 9.89. The largest absolute Gasteiger partial charge is 1.00 e. The van der Waals surface area contributed by atoms with Gasteiger partial charge in [-0.15, -0.1) is 0 Å². The zero-order chi connectivity index (χ0) is 12.1. The summed E-state index contributed by atoms with van der Waals surface area (Å²) >= 11 is 0. The molecule has 0 N–H and O–H groups in total. The van der Waals surface area contributed by atoms with Gasteiger partial charge in [-0.1, -0.05) is 20.8 Å². The van der Waals surface area contributed by atoms with Crippen molar-refractivity contribution in [1.82, 2.24) is 0 Å². The van der Waals surface area contributed by atoms with Crippen LogP contribution >= 0.6 is 7.82 Å². The van der Waals surface area contributed by atoms with Gasteiger partial charge in [-0.25, -0.2) is 0 Å². The van der Waals surface area contributed by atoms with Crippen molar-refractivity contribution in [3.63, 3.8) is 0 Å². The minimum Gasteiger partial charge on any atom is -0.822 e. The van der Waals surface area contributed by atoms with Crippen molar-refractivity contribution < 1.29 is 48.8 Å². The normalized spacial score (nSPS) is 10.9. The molecular weight excluding hydrogens is 238 g/mol. The topological polar surface area (TPSA) is 86.2 Å². The van der Waals surface area contributed by atoms with Gasteiger partial charge in [0, 0.05) is 0 Å². The molecule has 1 rings (SSSR count). The summed E-state index contributed by atoms with van der Waals surface area (Å²) in [6.45, 7) is 6.58. The smallest absolute Gasteiger partial charge is 0.822 e. The molecule has 6 heteroatoms. The third-order valence-corrected chi connectivity index (χ3v) is 1.52. The molecule has 0 bridgehead atoms. The number of rotatable bonds is 0. The molecule has 0 amide bonds. The number of benzene rings is 1. The molecule has 0 radical (unpaired) electrons. The van der Waals surface area contributed by atoms with E-state index in [-0.39, 0.29) is 35.0 Å². The summed E-state index contributed by atoms with van der Waals surface area (Å²) in [4.78, 5) is 25.6. The Hall–Kier alpha value is 0.330. The van der Waals surface area contributed by atoms with Crippen LogP contribution in [0.15, 0.2) is 24.3 Å². The second-order valence-electron chi connectivity index (χ2n) is 3.97. The molecule has 86 valence electrons. The fourth-order valence-electron chi connectivity index (χ4n) is 0.860. The number of hydrogen-bond donors (Lipinski definition) is 0. The maximum absolute atomic E-state index is 8.55. The summed E-state index contributed by atoms with van der Waals surface area (Å²) in [6.07, 6.45) is 0. The first-order valence-corrected chi connectivity index (χ1v) is 5.77. The Morgan fingerprint density at radius 3 is 1.81 bits per heavy atom. The Labute approximate surface area is 118 Å². The predicted octanol–water partition coefficient (Wildman–Crippen LogP) is -3.04. The van der Waals surface area contributed by atoms with Crippen LogP contribution in [0.25, 0.3) is 0 Å². The number of phosphoric acid groups is 1. The van der Waals surface area contributed by atoms with Crippen molar-refractivity contribution in [3.8, 4) is 0 Å². The van der Waals surface area contributed by atoms with Gasteiger partial charge in [0.25, 0.3) is 0 Å². The van der Waals surface area contributed by atoms with Crippen molar-refractivity contribution in [2.24, 2.45) is 0 Å². The summed E-state index contributed by atoms with van der Waals surface area (Å²) in [6, 6.07) is 11.3. The molecular formula is C10H13NaO4P-3. The minimum atomic E-state index is -5.39. The monoisotopic (exact) mass is 251 g/mol. The molecule has 0 aromatic heterocycles. The van der Waals surface area contributed by atoms with E-state index in [1.54, 1.807) is 0 Å². The van der Waals surface area contributed by atoms with Crippen molar-refractivity contribution in [1.29, 1.82) is 0 Å². The fraction of sp³-hybridized carbons (Fsp3) is 0.400. The third kappa shape index (κ3) is 12.4. The Kier molecular flexibility index (Phi) is 8.90. The Morgan fingerprint density at radius 1 is 1.19 bits per heavy atom. The van der Waals surface area contributed by atoms with Crippen LogP contribution in [-0.4, -0.2) is 0 Å². The summed E-state index contributed by atoms with van der Waals surface area (Å²) in [5.74, 6) is 0. The van der Waals surface area contributed by atoms with E-state index in [1.807, 2.05) is 12.1 Å². The Morgan fingerprint density at radius 2 is 1.62 bits per heavy atom. The SMILES string of the molecule is CC(C)(C)c1[c-]cccc1.O=P([O-])([O-])[O-].[Na+]. The van der Waals surface area contributed by atoms with Crippen LogP contribution < -0.4 is 44.2 Å². The third-order valence-electron chi connectivity index (χ3n) is 1.52. The average molecular weight is 251 g/mol. The minimum absolute atomic E-state index is 0. The molecule has 4 nitrogen and oxygen atoms in total. The van der Waals surface area contributed by atoms with E-state index in [2.05, 4.69) is 39.0 Å². The quantitative estimate of drug-likeness (QED) is 0.279. The van der Waals surface area contributed by atoms with Crippen LogP contribution in [0.2, 0.25) is 0 Å². The van der Waals surface area contributed by atoms with Crippen LogP contribution in [0.4, 0.5) is 0 Å². The molecule has 0 unspecified atom stereocenters. The van der Waals surface area contributed by atoms with Crippen molar-refractivity contribution in [2.75, 3.05) is 0 Å². The summed E-state index contributed by atoms with van der Waals surface area (Å²) in [5.41, 5.74) is 1.51. The van der Waals surface area contributed by atoms with Gasteiger partial charge in [0.05, 0.1) is 0 Å². The van der Waals surface area contributed by atoms with Gasteiger partial charge in [0.1, 0.15) is 0 Å². The summed E-state index contributed by atoms with van der Waals surface area (Å²) in [5, 5.41) is 0. The predicted molar refractivity (Wildman–Crippen MR) is 51.6 cm³/mol. The van der Waals surface area contributed by atoms with Gasteiger partial charge in [0.2, 0.25) is 0 Å². The maximum atomic E-state index is 8.55. The molecule has 0 aliphatic rings. The van der Waals surface area contributed by atoms with E-state index in [9.17, 15) is 0 Å². The Balaban J connectivity index is 0. The van der Waals surface area contributed by atoms with Crippen LogP contribution in [0.3, 0.4) is 0 Å². The van der Waals surface area contributed by atoms with E-state index in [0.29, 0.717) is 0 Å². The fourth-order valence-corrected chi connectivity index (χ4v) is 0.860. The van der Waals surface area contributed by atoms with E-state index >= 15 is 0 Å². The van der Waals surface area contributed by atoms with E-state index in [0.717, 1.165) is 0 Å². The molecule has 0 saturated carbocycles. The molecule has 0 spiro atoms. The zero-order valence-corrected chi connectivity index (χ0v) is 12.8. The van der Waals surface area contributed by atoms with Crippen molar-refractivity contribution in [2.45, 2.75) is 26.2 Å².